The van der Waals surface area contributed by atoms with Crippen LogP contribution in [0.1, 0.15) is 30.1 Å². The highest BCUT2D eigenvalue weighted by Gasteiger charge is 2.31. The van der Waals surface area contributed by atoms with Crippen molar-refractivity contribution >= 4 is 17.3 Å². The molecular weight excluding hydrogens is 262 g/mol. The summed E-state index contributed by atoms with van der Waals surface area (Å²) in [6, 6.07) is -0.349. The second kappa shape index (κ2) is 6.98. The van der Waals surface area contributed by atoms with Gasteiger partial charge in [-0.1, -0.05) is 0 Å². The Morgan fingerprint density at radius 3 is 3.11 bits per heavy atom. The molecule has 0 aromatic carbocycles. The zero-order chi connectivity index (χ0) is 13.7. The molecule has 2 rings (SSSR count). The van der Waals surface area contributed by atoms with Crippen molar-refractivity contribution < 1.29 is 9.53 Å². The normalized spacial score (nSPS) is 18.8. The van der Waals surface area contributed by atoms with Gasteiger partial charge in [0.25, 0.3) is 0 Å². The Morgan fingerprint density at radius 1 is 1.58 bits per heavy atom. The van der Waals surface area contributed by atoms with Gasteiger partial charge >= 0.3 is 5.97 Å². The number of esters is 1. The highest BCUT2D eigenvalue weighted by Crippen LogP contribution is 2.26. The van der Waals surface area contributed by atoms with E-state index in [1.54, 1.807) is 0 Å². The standard InChI is InChI=1S/C13H21N3O2S/c1-3-18-13(17)11(12-15-10(2)9-19-12)16-7-4-5-14-6-8-16/h9,11,14H,3-8H2,1-2H3. The van der Waals surface area contributed by atoms with E-state index in [2.05, 4.69) is 15.2 Å². The van der Waals surface area contributed by atoms with Gasteiger partial charge in [0.05, 0.1) is 6.61 Å². The first kappa shape index (κ1) is 14.4. The van der Waals surface area contributed by atoms with Gasteiger partial charge in [-0.05, 0) is 26.8 Å². The van der Waals surface area contributed by atoms with E-state index >= 15 is 0 Å². The first-order chi connectivity index (χ1) is 9.22. The number of aryl methyl sites for hydroxylation is 1. The summed E-state index contributed by atoms with van der Waals surface area (Å²) in [6.45, 7) is 7.85. The molecule has 1 N–H and O–H groups in total. The van der Waals surface area contributed by atoms with Gasteiger partial charge in [0.15, 0.2) is 6.04 Å². The summed E-state index contributed by atoms with van der Waals surface area (Å²) in [5.41, 5.74) is 0.960. The lowest BCUT2D eigenvalue weighted by Crippen LogP contribution is -2.37. The van der Waals surface area contributed by atoms with Crippen LogP contribution in [0.3, 0.4) is 0 Å². The monoisotopic (exact) mass is 283 g/mol. The molecule has 1 unspecified atom stereocenters. The summed E-state index contributed by atoms with van der Waals surface area (Å²) in [7, 11) is 0. The lowest BCUT2D eigenvalue weighted by molar-refractivity contribution is -0.149. The minimum Gasteiger partial charge on any atom is -0.464 e. The number of nitrogens with one attached hydrogen (secondary N) is 1. The third-order valence-electron chi connectivity index (χ3n) is 3.12. The number of rotatable bonds is 4. The molecule has 106 valence electrons. The fraction of sp³-hybridized carbons (Fsp3) is 0.692. The fourth-order valence-corrected chi connectivity index (χ4v) is 3.16. The van der Waals surface area contributed by atoms with Crippen LogP contribution in [-0.2, 0) is 9.53 Å². The summed E-state index contributed by atoms with van der Waals surface area (Å²) in [5, 5.41) is 6.18. The average Bonchev–Trinajstić information content (AvgIpc) is 2.65. The Hall–Kier alpha value is -0.980. The molecule has 0 radical (unpaired) electrons. The molecule has 1 aromatic heterocycles. The zero-order valence-corrected chi connectivity index (χ0v) is 12.3. The Bertz CT molecular complexity index is 414. The molecule has 1 atom stereocenters. The first-order valence-corrected chi connectivity index (χ1v) is 7.63. The molecule has 1 fully saturated rings. The number of hydrogen-bond donors (Lipinski definition) is 1. The van der Waals surface area contributed by atoms with Crippen molar-refractivity contribution in [2.45, 2.75) is 26.3 Å². The predicted molar refractivity (Wildman–Crippen MR) is 75.3 cm³/mol. The molecule has 5 nitrogen and oxygen atoms in total. The van der Waals surface area contributed by atoms with E-state index in [0.29, 0.717) is 6.61 Å². The highest BCUT2D eigenvalue weighted by molar-refractivity contribution is 7.09. The molecular formula is C13H21N3O2S. The molecule has 0 spiro atoms. The van der Waals surface area contributed by atoms with Crippen molar-refractivity contribution in [1.29, 1.82) is 0 Å². The summed E-state index contributed by atoms with van der Waals surface area (Å²) in [6.07, 6.45) is 1.04. The molecule has 0 bridgehead atoms. The van der Waals surface area contributed by atoms with Gasteiger partial charge in [-0.15, -0.1) is 11.3 Å². The number of carbonyl (C=O) groups is 1. The minimum atomic E-state index is -0.349. The minimum absolute atomic E-state index is 0.182. The third-order valence-corrected chi connectivity index (χ3v) is 4.14. The van der Waals surface area contributed by atoms with Crippen LogP contribution < -0.4 is 5.32 Å². The van der Waals surface area contributed by atoms with E-state index < -0.39 is 0 Å². The third kappa shape index (κ3) is 3.75. The van der Waals surface area contributed by atoms with Crippen molar-refractivity contribution in [2.24, 2.45) is 0 Å². The lowest BCUT2D eigenvalue weighted by atomic mass is 10.2. The van der Waals surface area contributed by atoms with Crippen LogP contribution in [0.25, 0.3) is 0 Å². The number of thiazole rings is 1. The number of aromatic nitrogens is 1. The SMILES string of the molecule is CCOC(=O)C(c1nc(C)cs1)N1CCCNCC1. The molecule has 19 heavy (non-hydrogen) atoms. The molecule has 0 saturated carbocycles. The number of ether oxygens (including phenoxy) is 1. The lowest BCUT2D eigenvalue weighted by Gasteiger charge is -2.26. The van der Waals surface area contributed by atoms with Crippen LogP contribution in [0.4, 0.5) is 0 Å². The summed E-state index contributed by atoms with van der Waals surface area (Å²) >= 11 is 1.54. The summed E-state index contributed by atoms with van der Waals surface area (Å²) in [4.78, 5) is 18.9. The molecule has 0 amide bonds. The largest absolute Gasteiger partial charge is 0.464 e. The molecule has 2 heterocycles. The maximum Gasteiger partial charge on any atom is 0.330 e. The number of nitrogens with zero attached hydrogens (tertiary/aromatic N) is 2. The number of hydrogen-bond acceptors (Lipinski definition) is 6. The van der Waals surface area contributed by atoms with Gasteiger partial charge in [0.2, 0.25) is 0 Å². The molecule has 1 saturated heterocycles. The van der Waals surface area contributed by atoms with Gasteiger partial charge in [-0.2, -0.15) is 0 Å². The molecule has 0 aliphatic carbocycles. The van der Waals surface area contributed by atoms with Crippen LogP contribution in [0.5, 0.6) is 0 Å². The molecule has 1 aliphatic rings. The van der Waals surface area contributed by atoms with Gasteiger partial charge in [0.1, 0.15) is 5.01 Å². The zero-order valence-electron chi connectivity index (χ0n) is 11.5. The average molecular weight is 283 g/mol. The van der Waals surface area contributed by atoms with Crippen LogP contribution in [0.15, 0.2) is 5.38 Å². The molecule has 6 heteroatoms. The second-order valence-electron chi connectivity index (χ2n) is 4.62. The van der Waals surface area contributed by atoms with E-state index in [0.717, 1.165) is 43.3 Å². The maximum absolute atomic E-state index is 12.2. The Kier molecular flexibility index (Phi) is 5.30. The predicted octanol–water partition coefficient (Wildman–Crippen LogP) is 1.35. The summed E-state index contributed by atoms with van der Waals surface area (Å²) < 4.78 is 5.23. The van der Waals surface area contributed by atoms with E-state index in [-0.39, 0.29) is 12.0 Å². The highest BCUT2D eigenvalue weighted by atomic mass is 32.1. The number of carbonyl (C=O) groups excluding carboxylic acids is 1. The van der Waals surface area contributed by atoms with Crippen LogP contribution >= 0.6 is 11.3 Å². The van der Waals surface area contributed by atoms with Crippen molar-refractivity contribution in [3.8, 4) is 0 Å². The van der Waals surface area contributed by atoms with Crippen molar-refractivity contribution in [3.05, 3.63) is 16.1 Å². The maximum atomic E-state index is 12.2. The Labute approximate surface area is 118 Å². The Morgan fingerprint density at radius 2 is 2.42 bits per heavy atom. The van der Waals surface area contributed by atoms with E-state index in [9.17, 15) is 4.79 Å². The Balaban J connectivity index is 2.19. The van der Waals surface area contributed by atoms with E-state index in [4.69, 9.17) is 4.74 Å². The molecule has 1 aliphatic heterocycles. The fourth-order valence-electron chi connectivity index (χ4n) is 2.25. The first-order valence-electron chi connectivity index (χ1n) is 6.75. The van der Waals surface area contributed by atoms with E-state index in [1.807, 2.05) is 19.2 Å². The van der Waals surface area contributed by atoms with Crippen molar-refractivity contribution in [1.82, 2.24) is 15.2 Å². The quantitative estimate of drug-likeness (QED) is 0.845. The van der Waals surface area contributed by atoms with Gasteiger partial charge in [-0.25, -0.2) is 9.78 Å². The smallest absolute Gasteiger partial charge is 0.330 e. The summed E-state index contributed by atoms with van der Waals surface area (Å²) in [5.74, 6) is -0.182. The topological polar surface area (TPSA) is 54.5 Å². The van der Waals surface area contributed by atoms with Crippen LogP contribution in [-0.4, -0.2) is 48.6 Å². The second-order valence-corrected chi connectivity index (χ2v) is 5.51. The van der Waals surface area contributed by atoms with Crippen LogP contribution in [0, 0.1) is 6.92 Å². The van der Waals surface area contributed by atoms with Gasteiger partial charge < -0.3 is 10.1 Å². The van der Waals surface area contributed by atoms with Gasteiger partial charge in [-0.3, -0.25) is 4.90 Å². The van der Waals surface area contributed by atoms with Crippen molar-refractivity contribution in [2.75, 3.05) is 32.8 Å². The molecule has 1 aromatic rings. The van der Waals surface area contributed by atoms with Gasteiger partial charge in [0, 0.05) is 30.7 Å². The van der Waals surface area contributed by atoms with Crippen molar-refractivity contribution in [3.63, 3.8) is 0 Å². The van der Waals surface area contributed by atoms with Crippen LogP contribution in [0.2, 0.25) is 0 Å². The van der Waals surface area contributed by atoms with E-state index in [1.165, 1.54) is 11.3 Å².